The largest absolute Gasteiger partial charge is 0.519 e. The third-order valence-corrected chi connectivity index (χ3v) is 7.93. The monoisotopic (exact) mass is 572 g/mol. The lowest BCUT2D eigenvalue weighted by Gasteiger charge is -2.36. The van der Waals surface area contributed by atoms with E-state index < -0.39 is 17.8 Å². The van der Waals surface area contributed by atoms with Gasteiger partial charge in [-0.1, -0.05) is 25.7 Å². The van der Waals surface area contributed by atoms with Gasteiger partial charge in [0.15, 0.2) is 18.1 Å². The molecule has 1 aliphatic carbocycles. The molecule has 0 aromatic carbocycles. The van der Waals surface area contributed by atoms with Gasteiger partial charge in [-0.05, 0) is 71.8 Å². The van der Waals surface area contributed by atoms with Gasteiger partial charge in [-0.15, -0.1) is 11.3 Å². The number of rotatable bonds is 8. The van der Waals surface area contributed by atoms with Crippen molar-refractivity contribution in [3.8, 4) is 11.8 Å². The molecule has 0 N–H and O–H groups in total. The molecule has 0 radical (unpaired) electrons. The maximum atomic E-state index is 14.2. The highest BCUT2D eigenvalue weighted by molar-refractivity contribution is 7.15. The summed E-state index contributed by atoms with van der Waals surface area (Å²) in [6, 6.07) is 0.901. The second-order valence-electron chi connectivity index (χ2n) is 11.7. The first-order valence-electron chi connectivity index (χ1n) is 13.7. The third-order valence-electron chi connectivity index (χ3n) is 6.91. The van der Waals surface area contributed by atoms with E-state index in [1.54, 1.807) is 20.2 Å². The minimum atomic E-state index is -0.883. The summed E-state index contributed by atoms with van der Waals surface area (Å²) in [5, 5.41) is 0. The first-order chi connectivity index (χ1) is 18.7. The number of ether oxygens (including phenoxy) is 1. The Hall–Kier alpha value is -3.32. The van der Waals surface area contributed by atoms with Gasteiger partial charge in [0.1, 0.15) is 10.9 Å². The molecule has 3 rings (SSSR count). The van der Waals surface area contributed by atoms with Crippen LogP contribution in [0.2, 0.25) is 0 Å². The van der Waals surface area contributed by atoms with E-state index in [9.17, 15) is 19.2 Å². The van der Waals surface area contributed by atoms with Crippen LogP contribution >= 0.6 is 11.3 Å². The van der Waals surface area contributed by atoms with Crippen molar-refractivity contribution in [3.63, 3.8) is 0 Å². The molecule has 2 amide bonds. The summed E-state index contributed by atoms with van der Waals surface area (Å²) < 4.78 is 15.3. The zero-order valence-electron chi connectivity index (χ0n) is 24.7. The van der Waals surface area contributed by atoms with Crippen LogP contribution in [-0.2, 0) is 20.9 Å². The molecule has 10 heteroatoms. The van der Waals surface area contributed by atoms with Crippen LogP contribution in [-0.4, -0.2) is 42.8 Å². The third kappa shape index (κ3) is 7.66. The number of carbonyl (C=O) groups is 3. The number of nitrogens with zero attached hydrogens (tertiary/aromatic N) is 2. The van der Waals surface area contributed by atoms with Gasteiger partial charge in [-0.2, -0.15) is 0 Å². The lowest BCUT2D eigenvalue weighted by Crippen LogP contribution is -2.51. The average molecular weight is 573 g/mol. The molecule has 2 aromatic heterocycles. The van der Waals surface area contributed by atoms with Crippen molar-refractivity contribution in [2.75, 3.05) is 19.0 Å². The van der Waals surface area contributed by atoms with E-state index in [1.165, 1.54) is 16.7 Å². The second kappa shape index (κ2) is 12.9. The Bertz CT molecular complexity index is 1340. The summed E-state index contributed by atoms with van der Waals surface area (Å²) in [4.78, 5) is 56.1. The van der Waals surface area contributed by atoms with E-state index in [0.29, 0.717) is 22.9 Å². The molecule has 0 spiro atoms. The molecule has 0 aliphatic heterocycles. The quantitative estimate of drug-likeness (QED) is 0.308. The Balaban J connectivity index is 2.11. The van der Waals surface area contributed by atoms with Crippen molar-refractivity contribution in [1.82, 2.24) is 4.90 Å². The summed E-state index contributed by atoms with van der Waals surface area (Å²) >= 11 is 1.11. The standard InChI is InChI=1S/C30H40N2O7S/c1-9-22(27(34)31(7)8)32(26(33)20-12-10-18(2)11-13-20)23-16-21(14-15-30(4,5)6)40-25(23)28(35)37-17-24-19(3)38-29(36)39-24/h16,18,20,22H,9-13,17H2,1-8H3/t18-,20-,22-/m0/s1. The van der Waals surface area contributed by atoms with E-state index in [-0.39, 0.29) is 46.2 Å². The summed E-state index contributed by atoms with van der Waals surface area (Å²) in [7, 11) is 3.31. The molecular weight excluding hydrogens is 532 g/mol. The van der Waals surface area contributed by atoms with Crippen molar-refractivity contribution in [2.24, 2.45) is 17.3 Å². The van der Waals surface area contributed by atoms with Gasteiger partial charge in [0.05, 0.1) is 10.6 Å². The first kappa shape index (κ1) is 31.2. The van der Waals surface area contributed by atoms with Crippen molar-refractivity contribution in [2.45, 2.75) is 86.3 Å². The van der Waals surface area contributed by atoms with E-state index >= 15 is 0 Å². The van der Waals surface area contributed by atoms with Crippen LogP contribution in [0.4, 0.5) is 5.69 Å². The highest BCUT2D eigenvalue weighted by Gasteiger charge is 2.39. The fourth-order valence-corrected chi connectivity index (χ4v) is 5.53. The molecule has 1 saturated carbocycles. The summed E-state index contributed by atoms with van der Waals surface area (Å²) in [6.07, 6.45) is 3.67. The predicted octanol–water partition coefficient (Wildman–Crippen LogP) is 5.38. The number of carbonyl (C=O) groups excluding carboxylic acids is 3. The Morgan fingerprint density at radius 1 is 1.15 bits per heavy atom. The fraction of sp³-hybridized carbons (Fsp3) is 0.600. The van der Waals surface area contributed by atoms with Gasteiger partial charge in [0, 0.05) is 25.4 Å². The predicted molar refractivity (Wildman–Crippen MR) is 153 cm³/mol. The lowest BCUT2D eigenvalue weighted by molar-refractivity contribution is -0.133. The number of thiophene rings is 1. The normalized spacial score (nSPS) is 17.9. The van der Waals surface area contributed by atoms with Gasteiger partial charge in [-0.25, -0.2) is 9.59 Å². The molecule has 1 aliphatic rings. The Morgan fingerprint density at radius 3 is 2.33 bits per heavy atom. The maximum Gasteiger partial charge on any atom is 0.519 e. The van der Waals surface area contributed by atoms with Gasteiger partial charge in [-0.3, -0.25) is 14.5 Å². The van der Waals surface area contributed by atoms with Crippen LogP contribution in [0.1, 0.15) is 92.8 Å². The molecular formula is C30H40N2O7S. The SMILES string of the molecule is CC[C@@H](C(=O)N(C)C)N(c1cc(C#CC(C)(C)C)sc1C(=O)OCc1oc(=O)oc1C)C(=O)[C@H]1CC[C@H](C)CC1. The van der Waals surface area contributed by atoms with Crippen LogP contribution < -0.4 is 10.7 Å². The summed E-state index contributed by atoms with van der Waals surface area (Å²) in [5.74, 6) is 4.90. The molecule has 9 nitrogen and oxygen atoms in total. The average Bonchev–Trinajstić information content (AvgIpc) is 3.45. The van der Waals surface area contributed by atoms with Gasteiger partial charge < -0.3 is 18.5 Å². The van der Waals surface area contributed by atoms with Crippen LogP contribution in [0.15, 0.2) is 19.7 Å². The maximum absolute atomic E-state index is 14.2. The van der Waals surface area contributed by atoms with Crippen LogP contribution in [0.3, 0.4) is 0 Å². The molecule has 1 atom stereocenters. The fourth-order valence-electron chi connectivity index (χ4n) is 4.63. The Kier molecular flexibility index (Phi) is 10.1. The van der Waals surface area contributed by atoms with Crippen molar-refractivity contribution >= 4 is 34.8 Å². The van der Waals surface area contributed by atoms with Crippen molar-refractivity contribution < 1.29 is 28.0 Å². The molecule has 40 heavy (non-hydrogen) atoms. The topological polar surface area (TPSA) is 110 Å². The first-order valence-corrected chi connectivity index (χ1v) is 14.5. The summed E-state index contributed by atoms with van der Waals surface area (Å²) in [6.45, 7) is 11.2. The molecule has 0 saturated heterocycles. The number of likely N-dealkylation sites (N-methyl/N-ethyl adjacent to an activating group) is 1. The van der Waals surface area contributed by atoms with E-state index in [0.717, 1.165) is 37.0 Å². The molecule has 2 heterocycles. The highest BCUT2D eigenvalue weighted by Crippen LogP contribution is 2.37. The Labute approximate surface area is 239 Å². The smallest absolute Gasteiger partial charge is 0.453 e. The number of esters is 1. The number of anilines is 1. The van der Waals surface area contributed by atoms with Gasteiger partial charge >= 0.3 is 11.8 Å². The zero-order chi connectivity index (χ0) is 29.8. The second-order valence-corrected chi connectivity index (χ2v) is 12.7. The Morgan fingerprint density at radius 2 is 1.80 bits per heavy atom. The van der Waals surface area contributed by atoms with Crippen molar-refractivity contribution in [3.05, 3.63) is 38.0 Å². The molecule has 0 bridgehead atoms. The van der Waals surface area contributed by atoms with Gasteiger partial charge in [0.2, 0.25) is 11.8 Å². The van der Waals surface area contributed by atoms with E-state index in [2.05, 4.69) is 18.8 Å². The summed E-state index contributed by atoms with van der Waals surface area (Å²) in [5.41, 5.74) is 0.0201. The number of hydrogen-bond donors (Lipinski definition) is 0. The molecule has 2 aromatic rings. The number of aryl methyl sites for hydroxylation is 1. The van der Waals surface area contributed by atoms with Gasteiger partial charge in [0.25, 0.3) is 0 Å². The molecule has 1 fully saturated rings. The van der Waals surface area contributed by atoms with Crippen molar-refractivity contribution in [1.29, 1.82) is 0 Å². The molecule has 218 valence electrons. The van der Waals surface area contributed by atoms with E-state index in [4.69, 9.17) is 13.6 Å². The van der Waals surface area contributed by atoms with E-state index in [1.807, 2.05) is 27.7 Å². The minimum Gasteiger partial charge on any atom is -0.453 e. The van der Waals surface area contributed by atoms with Crippen LogP contribution in [0.25, 0.3) is 0 Å². The lowest BCUT2D eigenvalue weighted by atomic mass is 9.82. The number of hydrogen-bond acceptors (Lipinski definition) is 8. The zero-order valence-corrected chi connectivity index (χ0v) is 25.5. The van der Waals surface area contributed by atoms with Crippen LogP contribution in [0, 0.1) is 36.0 Å². The minimum absolute atomic E-state index is 0.0997. The van der Waals surface area contributed by atoms with Crippen LogP contribution in [0.5, 0.6) is 0 Å². The number of amides is 2. The molecule has 0 unspecified atom stereocenters. The highest BCUT2D eigenvalue weighted by atomic mass is 32.1.